The molecule has 4 heterocycles. The molecule has 1 saturated heterocycles. The predicted octanol–water partition coefficient (Wildman–Crippen LogP) is 2.17. The minimum absolute atomic E-state index is 0.376. The van der Waals surface area contributed by atoms with Crippen molar-refractivity contribution in [3.63, 3.8) is 0 Å². The number of hydrogen-bond acceptors (Lipinski definition) is 8. The molecule has 0 atom stereocenters. The Balaban J connectivity index is 1.24. The fraction of sp³-hybridized carbons (Fsp3) is 0.545. The molecule has 32 heavy (non-hydrogen) atoms. The van der Waals surface area contributed by atoms with Crippen molar-refractivity contribution in [3.05, 3.63) is 42.1 Å². The van der Waals surface area contributed by atoms with Crippen LogP contribution in [0.1, 0.15) is 37.4 Å². The summed E-state index contributed by atoms with van der Waals surface area (Å²) in [4.78, 5) is 20.1. The molecule has 0 amide bonds. The molecule has 2 aromatic rings. The Morgan fingerprint density at radius 3 is 2.34 bits per heavy atom. The van der Waals surface area contributed by atoms with Gasteiger partial charge in [-0.05, 0) is 42.7 Å². The van der Waals surface area contributed by atoms with Gasteiger partial charge < -0.3 is 9.64 Å². The Kier molecular flexibility index (Phi) is 7.00. The normalized spacial score (nSPS) is 18.4. The summed E-state index contributed by atoms with van der Waals surface area (Å²) in [6.07, 6.45) is 13.9. The van der Waals surface area contributed by atoms with Gasteiger partial charge in [-0.25, -0.2) is 28.4 Å². The minimum Gasteiger partial charge on any atom is -0.476 e. The van der Waals surface area contributed by atoms with Crippen LogP contribution in [0.15, 0.2) is 30.9 Å². The van der Waals surface area contributed by atoms with Crippen molar-refractivity contribution in [2.45, 2.75) is 32.6 Å². The average Bonchev–Trinajstić information content (AvgIpc) is 2.83. The van der Waals surface area contributed by atoms with Crippen molar-refractivity contribution in [2.75, 3.05) is 43.9 Å². The van der Waals surface area contributed by atoms with Gasteiger partial charge in [-0.1, -0.05) is 13.0 Å². The number of rotatable bonds is 7. The second-order valence-corrected chi connectivity index (χ2v) is 10.3. The molecule has 0 N–H and O–H groups in total. The SMILES string of the molecule is CCc1cnc(N2CCC(COc3cnc(C4=CCN(S(C)(=O)=O)CC4)cn3)CC2)nc1. The summed E-state index contributed by atoms with van der Waals surface area (Å²) in [7, 11) is -3.16. The highest BCUT2D eigenvalue weighted by molar-refractivity contribution is 7.88. The van der Waals surface area contributed by atoms with E-state index in [1.807, 2.05) is 18.5 Å². The van der Waals surface area contributed by atoms with E-state index in [2.05, 4.69) is 31.8 Å². The first-order valence-corrected chi connectivity index (χ1v) is 12.9. The summed E-state index contributed by atoms with van der Waals surface area (Å²) in [5, 5.41) is 0. The standard InChI is InChI=1S/C22H30N6O3S/c1-3-17-12-25-22(26-13-17)27-8-4-18(5-9-27)16-31-21-15-23-20(14-24-21)19-6-10-28(11-7-19)32(2,29)30/h6,12-15,18H,3-5,7-11,16H2,1-2H3. The van der Waals surface area contributed by atoms with E-state index in [-0.39, 0.29) is 0 Å². The zero-order chi connectivity index (χ0) is 22.6. The zero-order valence-corrected chi connectivity index (χ0v) is 19.5. The highest BCUT2D eigenvalue weighted by Gasteiger charge is 2.23. The van der Waals surface area contributed by atoms with Crippen molar-refractivity contribution in [3.8, 4) is 5.88 Å². The summed E-state index contributed by atoms with van der Waals surface area (Å²) < 4.78 is 30.6. The van der Waals surface area contributed by atoms with Crippen molar-refractivity contribution in [1.82, 2.24) is 24.2 Å². The summed E-state index contributed by atoms with van der Waals surface area (Å²) in [5.41, 5.74) is 2.94. The summed E-state index contributed by atoms with van der Waals surface area (Å²) in [5.74, 6) is 1.79. The van der Waals surface area contributed by atoms with Gasteiger partial charge in [0.05, 0.1) is 31.0 Å². The van der Waals surface area contributed by atoms with Crippen LogP contribution in [0.5, 0.6) is 5.88 Å². The van der Waals surface area contributed by atoms with E-state index in [0.29, 0.717) is 37.9 Å². The lowest BCUT2D eigenvalue weighted by atomic mass is 9.98. The van der Waals surface area contributed by atoms with Crippen LogP contribution in [0.2, 0.25) is 0 Å². The molecular weight excluding hydrogens is 428 g/mol. The van der Waals surface area contributed by atoms with Gasteiger partial charge in [-0.15, -0.1) is 0 Å². The molecule has 0 radical (unpaired) electrons. The second kappa shape index (κ2) is 9.91. The molecule has 172 valence electrons. The second-order valence-electron chi connectivity index (χ2n) is 8.33. The predicted molar refractivity (Wildman–Crippen MR) is 123 cm³/mol. The number of aryl methyl sites for hydroxylation is 1. The smallest absolute Gasteiger partial charge is 0.232 e. The summed E-state index contributed by atoms with van der Waals surface area (Å²) in [6, 6.07) is 0. The maximum Gasteiger partial charge on any atom is 0.232 e. The van der Waals surface area contributed by atoms with Gasteiger partial charge in [0.1, 0.15) is 0 Å². The molecule has 0 bridgehead atoms. The van der Waals surface area contributed by atoms with Crippen molar-refractivity contribution in [2.24, 2.45) is 5.92 Å². The van der Waals surface area contributed by atoms with E-state index in [1.165, 1.54) is 10.6 Å². The van der Waals surface area contributed by atoms with E-state index in [9.17, 15) is 8.42 Å². The number of ether oxygens (including phenoxy) is 1. The lowest BCUT2D eigenvalue weighted by Crippen LogP contribution is -2.36. The number of anilines is 1. The minimum atomic E-state index is -3.16. The Hall–Kier alpha value is -2.59. The largest absolute Gasteiger partial charge is 0.476 e. The Labute approximate surface area is 189 Å². The van der Waals surface area contributed by atoms with E-state index in [1.54, 1.807) is 12.4 Å². The molecule has 2 aliphatic rings. The van der Waals surface area contributed by atoms with Crippen LogP contribution in [0.25, 0.3) is 5.57 Å². The fourth-order valence-corrected chi connectivity index (χ4v) is 4.71. The van der Waals surface area contributed by atoms with Crippen molar-refractivity contribution in [1.29, 1.82) is 0 Å². The third kappa shape index (κ3) is 5.60. The number of nitrogens with zero attached hydrogens (tertiary/aromatic N) is 6. The van der Waals surface area contributed by atoms with Crippen LogP contribution in [0.4, 0.5) is 5.95 Å². The van der Waals surface area contributed by atoms with E-state index in [0.717, 1.165) is 55.1 Å². The van der Waals surface area contributed by atoms with Crippen molar-refractivity contribution >= 4 is 21.5 Å². The Bertz CT molecular complexity index is 1030. The van der Waals surface area contributed by atoms with Gasteiger partial charge in [0.15, 0.2) is 0 Å². The van der Waals surface area contributed by atoms with Crippen LogP contribution in [0, 0.1) is 5.92 Å². The number of piperidine rings is 1. The van der Waals surface area contributed by atoms with Crippen molar-refractivity contribution < 1.29 is 13.2 Å². The molecule has 4 rings (SSSR count). The van der Waals surface area contributed by atoms with Gasteiger partial charge in [-0.3, -0.25) is 0 Å². The fourth-order valence-electron chi connectivity index (χ4n) is 3.94. The molecule has 0 saturated carbocycles. The Morgan fingerprint density at radius 2 is 1.78 bits per heavy atom. The molecule has 10 heteroatoms. The maximum atomic E-state index is 11.6. The monoisotopic (exact) mass is 458 g/mol. The van der Waals surface area contributed by atoms with Crippen LogP contribution < -0.4 is 9.64 Å². The first-order chi connectivity index (χ1) is 15.4. The van der Waals surface area contributed by atoms with Gasteiger partial charge in [0.25, 0.3) is 0 Å². The van der Waals surface area contributed by atoms with Gasteiger partial charge >= 0.3 is 0 Å². The molecular formula is C22H30N6O3S. The molecule has 2 aliphatic heterocycles. The molecule has 2 aromatic heterocycles. The van der Waals surface area contributed by atoms with Gasteiger partial charge in [0.2, 0.25) is 21.9 Å². The summed E-state index contributed by atoms with van der Waals surface area (Å²) in [6.45, 7) is 5.40. The molecule has 0 aliphatic carbocycles. The lowest BCUT2D eigenvalue weighted by molar-refractivity contribution is 0.215. The molecule has 0 aromatic carbocycles. The van der Waals surface area contributed by atoms with Gasteiger partial charge in [0, 0.05) is 38.6 Å². The highest BCUT2D eigenvalue weighted by atomic mass is 32.2. The van der Waals surface area contributed by atoms with Crippen LogP contribution >= 0.6 is 0 Å². The maximum absolute atomic E-state index is 11.6. The number of hydrogen-bond donors (Lipinski definition) is 0. The van der Waals surface area contributed by atoms with Crippen LogP contribution in [-0.4, -0.2) is 71.7 Å². The Morgan fingerprint density at radius 1 is 1.03 bits per heavy atom. The zero-order valence-electron chi connectivity index (χ0n) is 18.6. The first kappa shape index (κ1) is 22.6. The third-order valence-electron chi connectivity index (χ3n) is 6.06. The molecule has 1 fully saturated rings. The highest BCUT2D eigenvalue weighted by Crippen LogP contribution is 2.24. The molecule has 0 spiro atoms. The number of aromatic nitrogens is 4. The number of sulfonamides is 1. The van der Waals surface area contributed by atoms with Gasteiger partial charge in [-0.2, -0.15) is 4.31 Å². The third-order valence-corrected chi connectivity index (χ3v) is 7.33. The van der Waals surface area contributed by atoms with E-state index < -0.39 is 10.0 Å². The topological polar surface area (TPSA) is 101 Å². The van der Waals surface area contributed by atoms with Crippen LogP contribution in [0.3, 0.4) is 0 Å². The quantitative estimate of drug-likeness (QED) is 0.622. The van der Waals surface area contributed by atoms with E-state index in [4.69, 9.17) is 4.74 Å². The van der Waals surface area contributed by atoms with E-state index >= 15 is 0 Å². The molecule has 0 unspecified atom stereocenters. The summed E-state index contributed by atoms with van der Waals surface area (Å²) >= 11 is 0. The first-order valence-electron chi connectivity index (χ1n) is 11.1. The average molecular weight is 459 g/mol. The van der Waals surface area contributed by atoms with Crippen LogP contribution in [-0.2, 0) is 16.4 Å². The molecule has 9 nitrogen and oxygen atoms in total. The lowest BCUT2D eigenvalue weighted by Gasteiger charge is -2.31.